The lowest BCUT2D eigenvalue weighted by molar-refractivity contribution is 0.0342. The Morgan fingerprint density at radius 3 is 2.55 bits per heavy atom. The summed E-state index contributed by atoms with van der Waals surface area (Å²) in [6.07, 6.45) is 2.79. The molecule has 6 heteroatoms. The van der Waals surface area contributed by atoms with Crippen molar-refractivity contribution in [2.24, 2.45) is 0 Å². The number of carboxylic acids is 1. The quantitative estimate of drug-likeness (QED) is 0.862. The van der Waals surface area contributed by atoms with Gasteiger partial charge in [-0.1, -0.05) is 0 Å². The van der Waals surface area contributed by atoms with E-state index in [4.69, 9.17) is 14.2 Å². The standard InChI is InChI=1S/C14H19NO5/c1-18-11-7-9(14(16)17)10(8-12(11)19-2)15-13-5-3-4-6-20-13/h7-8,13,15H,3-6H2,1-2H3,(H,16,17). The second kappa shape index (κ2) is 6.47. The summed E-state index contributed by atoms with van der Waals surface area (Å²) in [5.41, 5.74) is 0.610. The maximum Gasteiger partial charge on any atom is 0.337 e. The molecule has 1 atom stereocenters. The van der Waals surface area contributed by atoms with Gasteiger partial charge in [0.15, 0.2) is 11.5 Å². The predicted octanol–water partition coefficient (Wildman–Crippen LogP) is 2.34. The molecule has 1 aromatic carbocycles. The monoisotopic (exact) mass is 281 g/mol. The van der Waals surface area contributed by atoms with Crippen LogP contribution in [0.2, 0.25) is 0 Å². The minimum Gasteiger partial charge on any atom is -0.493 e. The first-order valence-electron chi connectivity index (χ1n) is 6.53. The Morgan fingerprint density at radius 2 is 2.00 bits per heavy atom. The Morgan fingerprint density at radius 1 is 1.30 bits per heavy atom. The van der Waals surface area contributed by atoms with Gasteiger partial charge < -0.3 is 24.6 Å². The van der Waals surface area contributed by atoms with Gasteiger partial charge in [0.2, 0.25) is 0 Å². The maximum absolute atomic E-state index is 11.4. The highest BCUT2D eigenvalue weighted by atomic mass is 16.5. The first kappa shape index (κ1) is 14.5. The van der Waals surface area contributed by atoms with Gasteiger partial charge in [0, 0.05) is 18.7 Å². The predicted molar refractivity (Wildman–Crippen MR) is 73.7 cm³/mol. The van der Waals surface area contributed by atoms with Gasteiger partial charge in [-0.3, -0.25) is 0 Å². The number of rotatable bonds is 5. The molecule has 2 N–H and O–H groups in total. The lowest BCUT2D eigenvalue weighted by Crippen LogP contribution is -2.28. The summed E-state index contributed by atoms with van der Waals surface area (Å²) >= 11 is 0. The molecule has 1 aliphatic heterocycles. The van der Waals surface area contributed by atoms with Gasteiger partial charge in [-0.2, -0.15) is 0 Å². The van der Waals surface area contributed by atoms with Crippen molar-refractivity contribution in [3.05, 3.63) is 17.7 Å². The summed E-state index contributed by atoms with van der Waals surface area (Å²) < 4.78 is 15.9. The van der Waals surface area contributed by atoms with E-state index in [0.717, 1.165) is 19.3 Å². The minimum absolute atomic E-state index is 0.136. The topological polar surface area (TPSA) is 77.0 Å². The van der Waals surface area contributed by atoms with Crippen molar-refractivity contribution in [3.8, 4) is 11.5 Å². The third kappa shape index (κ3) is 3.14. The molecular weight excluding hydrogens is 262 g/mol. The summed E-state index contributed by atoms with van der Waals surface area (Å²) in [7, 11) is 2.99. The van der Waals surface area contributed by atoms with E-state index in [1.54, 1.807) is 6.07 Å². The SMILES string of the molecule is COc1cc(NC2CCCCO2)c(C(=O)O)cc1OC. The molecule has 6 nitrogen and oxygen atoms in total. The minimum atomic E-state index is -1.02. The van der Waals surface area contributed by atoms with Crippen LogP contribution in [0.1, 0.15) is 29.6 Å². The van der Waals surface area contributed by atoms with Crippen LogP contribution in [-0.4, -0.2) is 38.1 Å². The van der Waals surface area contributed by atoms with Gasteiger partial charge in [0.1, 0.15) is 6.23 Å². The number of carboxylic acid groups (broad SMARTS) is 1. The number of benzene rings is 1. The van der Waals surface area contributed by atoms with Crippen molar-refractivity contribution >= 4 is 11.7 Å². The molecule has 1 saturated heterocycles. The van der Waals surface area contributed by atoms with Crippen molar-refractivity contribution in [1.82, 2.24) is 0 Å². The highest BCUT2D eigenvalue weighted by Gasteiger charge is 2.20. The summed E-state index contributed by atoms with van der Waals surface area (Å²) in [6.45, 7) is 0.688. The van der Waals surface area contributed by atoms with E-state index in [1.165, 1.54) is 20.3 Å². The van der Waals surface area contributed by atoms with Crippen LogP contribution in [0.4, 0.5) is 5.69 Å². The molecule has 0 radical (unpaired) electrons. The first-order valence-corrected chi connectivity index (χ1v) is 6.53. The molecule has 1 unspecified atom stereocenters. The van der Waals surface area contributed by atoms with E-state index in [1.807, 2.05) is 0 Å². The molecule has 1 aliphatic rings. The highest BCUT2D eigenvalue weighted by Crippen LogP contribution is 2.34. The lowest BCUT2D eigenvalue weighted by Gasteiger charge is -2.25. The van der Waals surface area contributed by atoms with Crippen LogP contribution in [0.15, 0.2) is 12.1 Å². The van der Waals surface area contributed by atoms with Crippen LogP contribution < -0.4 is 14.8 Å². The fourth-order valence-corrected chi connectivity index (χ4v) is 2.20. The molecule has 0 aromatic heterocycles. The fraction of sp³-hybridized carbons (Fsp3) is 0.500. The number of carbonyl (C=O) groups is 1. The van der Waals surface area contributed by atoms with Crippen LogP contribution >= 0.6 is 0 Å². The number of aromatic carboxylic acids is 1. The molecule has 20 heavy (non-hydrogen) atoms. The van der Waals surface area contributed by atoms with Gasteiger partial charge >= 0.3 is 5.97 Å². The van der Waals surface area contributed by atoms with Crippen LogP contribution in [0.3, 0.4) is 0 Å². The first-order chi connectivity index (χ1) is 9.65. The zero-order valence-corrected chi connectivity index (χ0v) is 11.6. The Labute approximate surface area is 117 Å². The van der Waals surface area contributed by atoms with E-state index in [9.17, 15) is 9.90 Å². The largest absolute Gasteiger partial charge is 0.493 e. The number of anilines is 1. The van der Waals surface area contributed by atoms with E-state index in [-0.39, 0.29) is 11.8 Å². The Hall–Kier alpha value is -1.95. The molecule has 110 valence electrons. The molecule has 1 aromatic rings. The van der Waals surface area contributed by atoms with Gasteiger partial charge in [-0.05, 0) is 19.3 Å². The molecule has 1 fully saturated rings. The number of hydrogen-bond acceptors (Lipinski definition) is 5. The molecule has 0 spiro atoms. The van der Waals surface area contributed by atoms with Gasteiger partial charge in [0.25, 0.3) is 0 Å². The number of nitrogens with one attached hydrogen (secondary N) is 1. The van der Waals surface area contributed by atoms with Gasteiger partial charge in [-0.15, -0.1) is 0 Å². The van der Waals surface area contributed by atoms with Crippen LogP contribution in [0, 0.1) is 0 Å². The van der Waals surface area contributed by atoms with E-state index < -0.39 is 5.97 Å². The number of hydrogen-bond donors (Lipinski definition) is 2. The third-order valence-electron chi connectivity index (χ3n) is 3.25. The van der Waals surface area contributed by atoms with Crippen molar-refractivity contribution in [2.75, 3.05) is 26.1 Å². The number of methoxy groups -OCH3 is 2. The molecule has 2 rings (SSSR count). The lowest BCUT2D eigenvalue weighted by atomic mass is 10.1. The molecule has 0 aliphatic carbocycles. The Bertz CT molecular complexity index is 483. The highest BCUT2D eigenvalue weighted by molar-refractivity contribution is 5.95. The average Bonchev–Trinajstić information content (AvgIpc) is 2.47. The van der Waals surface area contributed by atoms with Crippen molar-refractivity contribution in [3.63, 3.8) is 0 Å². The summed E-state index contributed by atoms with van der Waals surface area (Å²) in [4.78, 5) is 11.4. The van der Waals surface area contributed by atoms with E-state index in [2.05, 4.69) is 5.32 Å². The molecule has 0 amide bonds. The summed E-state index contributed by atoms with van der Waals surface area (Å²) in [5.74, 6) is -0.153. The van der Waals surface area contributed by atoms with Gasteiger partial charge in [0.05, 0.1) is 25.5 Å². The van der Waals surface area contributed by atoms with Crippen molar-refractivity contribution < 1.29 is 24.1 Å². The zero-order chi connectivity index (χ0) is 14.5. The Balaban J connectivity index is 2.30. The van der Waals surface area contributed by atoms with Crippen LogP contribution in [0.5, 0.6) is 11.5 Å². The summed E-state index contributed by atoms with van der Waals surface area (Å²) in [6, 6.07) is 3.08. The second-order valence-electron chi connectivity index (χ2n) is 4.56. The van der Waals surface area contributed by atoms with Crippen molar-refractivity contribution in [1.29, 1.82) is 0 Å². The molecule has 1 heterocycles. The van der Waals surface area contributed by atoms with Crippen molar-refractivity contribution in [2.45, 2.75) is 25.5 Å². The van der Waals surface area contributed by atoms with E-state index in [0.29, 0.717) is 23.8 Å². The second-order valence-corrected chi connectivity index (χ2v) is 4.56. The van der Waals surface area contributed by atoms with Crippen LogP contribution in [-0.2, 0) is 4.74 Å². The normalized spacial score (nSPS) is 18.4. The molecular formula is C14H19NO5. The smallest absolute Gasteiger partial charge is 0.337 e. The maximum atomic E-state index is 11.4. The van der Waals surface area contributed by atoms with Crippen LogP contribution in [0.25, 0.3) is 0 Å². The average molecular weight is 281 g/mol. The molecule has 0 saturated carbocycles. The fourth-order valence-electron chi connectivity index (χ4n) is 2.20. The third-order valence-corrected chi connectivity index (χ3v) is 3.25. The number of ether oxygens (including phenoxy) is 3. The summed E-state index contributed by atoms with van der Waals surface area (Å²) in [5, 5.41) is 12.4. The molecule has 0 bridgehead atoms. The Kier molecular flexibility index (Phi) is 4.68. The van der Waals surface area contributed by atoms with Gasteiger partial charge in [-0.25, -0.2) is 4.79 Å². The van der Waals surface area contributed by atoms with E-state index >= 15 is 0 Å². The zero-order valence-electron chi connectivity index (χ0n) is 11.6.